The van der Waals surface area contributed by atoms with Crippen molar-refractivity contribution in [2.75, 3.05) is 13.1 Å². The summed E-state index contributed by atoms with van der Waals surface area (Å²) in [6.45, 7) is 3.24. The van der Waals surface area contributed by atoms with Crippen molar-refractivity contribution in [2.24, 2.45) is 0 Å². The Morgan fingerprint density at radius 1 is 1.50 bits per heavy atom. The highest BCUT2D eigenvalue weighted by Gasteiger charge is 2.25. The van der Waals surface area contributed by atoms with Gasteiger partial charge in [0.15, 0.2) is 0 Å². The summed E-state index contributed by atoms with van der Waals surface area (Å²) >= 11 is 0. The van der Waals surface area contributed by atoms with Gasteiger partial charge in [0.1, 0.15) is 6.04 Å². The zero-order chi connectivity index (χ0) is 10.4. The first-order valence-corrected chi connectivity index (χ1v) is 5.12. The molecule has 1 unspecified atom stereocenters. The third kappa shape index (κ3) is 3.04. The molecule has 14 heavy (non-hydrogen) atoms. The van der Waals surface area contributed by atoms with Crippen LogP contribution in [0.15, 0.2) is 0 Å². The van der Waals surface area contributed by atoms with Crippen molar-refractivity contribution in [3.05, 3.63) is 0 Å². The Bertz CT molecular complexity index is 252. The van der Waals surface area contributed by atoms with Crippen LogP contribution in [0.5, 0.6) is 0 Å². The van der Waals surface area contributed by atoms with Crippen LogP contribution in [0.2, 0.25) is 0 Å². The first-order valence-electron chi connectivity index (χ1n) is 5.12. The molecule has 3 nitrogen and oxygen atoms in total. The number of hydrogen-bond donors (Lipinski definition) is 1. The van der Waals surface area contributed by atoms with E-state index in [1.165, 1.54) is 0 Å². The van der Waals surface area contributed by atoms with Crippen LogP contribution in [0.3, 0.4) is 0 Å². The van der Waals surface area contributed by atoms with Gasteiger partial charge in [-0.1, -0.05) is 18.8 Å². The Labute approximate surface area is 85.1 Å². The van der Waals surface area contributed by atoms with E-state index in [0.717, 1.165) is 32.2 Å². The third-order valence-electron chi connectivity index (χ3n) is 2.61. The molecule has 1 saturated heterocycles. The van der Waals surface area contributed by atoms with Gasteiger partial charge in [-0.2, -0.15) is 0 Å². The molecule has 0 radical (unpaired) electrons. The van der Waals surface area contributed by atoms with Gasteiger partial charge in [0, 0.05) is 0 Å². The number of nitrogens with zero attached hydrogens (tertiary/aromatic N) is 1. The van der Waals surface area contributed by atoms with Crippen LogP contribution in [-0.4, -0.2) is 35.1 Å². The van der Waals surface area contributed by atoms with Crippen LogP contribution < -0.4 is 0 Å². The van der Waals surface area contributed by atoms with E-state index in [1.807, 2.05) is 4.90 Å². The lowest BCUT2D eigenvalue weighted by Gasteiger charge is -2.24. The van der Waals surface area contributed by atoms with Gasteiger partial charge in [-0.15, -0.1) is 5.92 Å². The van der Waals surface area contributed by atoms with E-state index in [0.29, 0.717) is 6.54 Å². The molecular formula is C11H17NO2. The van der Waals surface area contributed by atoms with Crippen LogP contribution in [0.4, 0.5) is 0 Å². The van der Waals surface area contributed by atoms with Crippen molar-refractivity contribution >= 4 is 5.97 Å². The van der Waals surface area contributed by atoms with Gasteiger partial charge >= 0.3 is 5.97 Å². The number of hydrogen-bond acceptors (Lipinski definition) is 2. The molecule has 0 aromatic heterocycles. The molecule has 1 heterocycles. The van der Waals surface area contributed by atoms with Gasteiger partial charge in [0.25, 0.3) is 0 Å². The number of carboxylic acid groups (broad SMARTS) is 1. The number of likely N-dealkylation sites (tertiary alicyclic amines) is 1. The van der Waals surface area contributed by atoms with Crippen molar-refractivity contribution < 1.29 is 9.90 Å². The number of rotatable bonds is 2. The van der Waals surface area contributed by atoms with Crippen molar-refractivity contribution in [3.8, 4) is 11.8 Å². The molecule has 1 N–H and O–H groups in total. The minimum atomic E-state index is -0.704. The molecular weight excluding hydrogens is 178 g/mol. The molecule has 78 valence electrons. The van der Waals surface area contributed by atoms with Gasteiger partial charge in [-0.25, -0.2) is 0 Å². The Balaban J connectivity index is 2.61. The molecule has 3 heteroatoms. The lowest BCUT2D eigenvalue weighted by atomic mass is 10.1. The maximum absolute atomic E-state index is 11.0. The molecule has 0 aromatic rings. The van der Waals surface area contributed by atoms with Crippen LogP contribution >= 0.6 is 0 Å². The molecule has 1 aliphatic heterocycles. The summed E-state index contributed by atoms with van der Waals surface area (Å²) < 4.78 is 0. The van der Waals surface area contributed by atoms with Gasteiger partial charge < -0.3 is 5.11 Å². The largest absolute Gasteiger partial charge is 0.480 e. The van der Waals surface area contributed by atoms with Crippen molar-refractivity contribution in [2.45, 2.75) is 38.6 Å². The third-order valence-corrected chi connectivity index (χ3v) is 2.61. The van der Waals surface area contributed by atoms with Crippen LogP contribution in [0.25, 0.3) is 0 Å². The van der Waals surface area contributed by atoms with Crippen molar-refractivity contribution in [3.63, 3.8) is 0 Å². The molecule has 1 fully saturated rings. The zero-order valence-corrected chi connectivity index (χ0v) is 8.62. The maximum atomic E-state index is 11.0. The smallest absolute Gasteiger partial charge is 0.320 e. The Hall–Kier alpha value is -1.01. The van der Waals surface area contributed by atoms with E-state index >= 15 is 0 Å². The highest BCUT2D eigenvalue weighted by molar-refractivity contribution is 5.73. The minimum Gasteiger partial charge on any atom is -0.480 e. The monoisotopic (exact) mass is 195 g/mol. The quantitative estimate of drug-likeness (QED) is 0.676. The second kappa shape index (κ2) is 5.66. The highest BCUT2D eigenvalue weighted by Crippen LogP contribution is 2.16. The van der Waals surface area contributed by atoms with E-state index < -0.39 is 5.97 Å². The lowest BCUT2D eigenvalue weighted by molar-refractivity contribution is -0.143. The van der Waals surface area contributed by atoms with E-state index in [9.17, 15) is 4.79 Å². The molecule has 1 aliphatic rings. The topological polar surface area (TPSA) is 40.5 Å². The summed E-state index contributed by atoms with van der Waals surface area (Å²) in [4.78, 5) is 13.0. The average molecular weight is 195 g/mol. The minimum absolute atomic E-state index is 0.321. The molecule has 0 bridgehead atoms. The molecule has 1 rings (SSSR count). The normalized spacial score (nSPS) is 23.4. The lowest BCUT2D eigenvalue weighted by Crippen LogP contribution is -2.40. The van der Waals surface area contributed by atoms with Gasteiger partial charge in [0.05, 0.1) is 6.54 Å². The van der Waals surface area contributed by atoms with Crippen LogP contribution in [-0.2, 0) is 4.79 Å². The van der Waals surface area contributed by atoms with Crippen molar-refractivity contribution in [1.29, 1.82) is 0 Å². The number of carbonyl (C=O) groups is 1. The second-order valence-electron chi connectivity index (χ2n) is 3.60. The summed E-state index contributed by atoms with van der Waals surface area (Å²) in [7, 11) is 0. The predicted molar refractivity (Wildman–Crippen MR) is 54.9 cm³/mol. The summed E-state index contributed by atoms with van der Waals surface area (Å²) in [6.07, 6.45) is 4.02. The summed E-state index contributed by atoms with van der Waals surface area (Å²) in [5.41, 5.74) is 0. The highest BCUT2D eigenvalue weighted by atomic mass is 16.4. The molecule has 0 aromatic carbocycles. The number of carboxylic acids is 1. The molecule has 0 aliphatic carbocycles. The van der Waals surface area contributed by atoms with E-state index in [4.69, 9.17) is 5.11 Å². The fourth-order valence-corrected chi connectivity index (χ4v) is 1.82. The van der Waals surface area contributed by atoms with E-state index in [-0.39, 0.29) is 6.04 Å². The molecule has 1 atom stereocenters. The molecule has 0 saturated carbocycles. The fraction of sp³-hybridized carbons (Fsp3) is 0.727. The Morgan fingerprint density at radius 2 is 2.29 bits per heavy atom. The second-order valence-corrected chi connectivity index (χ2v) is 3.60. The van der Waals surface area contributed by atoms with E-state index in [1.54, 1.807) is 6.92 Å². The van der Waals surface area contributed by atoms with Crippen molar-refractivity contribution in [1.82, 2.24) is 4.90 Å². The molecule has 0 amide bonds. The average Bonchev–Trinajstić information content (AvgIpc) is 2.39. The Kier molecular flexibility index (Phi) is 4.48. The zero-order valence-electron chi connectivity index (χ0n) is 8.62. The molecule has 0 spiro atoms. The summed E-state index contributed by atoms with van der Waals surface area (Å²) in [5.74, 6) is 5.05. The van der Waals surface area contributed by atoms with E-state index in [2.05, 4.69) is 11.8 Å². The maximum Gasteiger partial charge on any atom is 0.320 e. The fourth-order valence-electron chi connectivity index (χ4n) is 1.82. The van der Waals surface area contributed by atoms with Gasteiger partial charge in [-0.05, 0) is 26.3 Å². The van der Waals surface area contributed by atoms with Gasteiger partial charge in [-0.3, -0.25) is 9.69 Å². The van der Waals surface area contributed by atoms with Crippen LogP contribution in [0, 0.1) is 11.8 Å². The predicted octanol–water partition coefficient (Wildman–Crippen LogP) is 1.34. The SMILES string of the molecule is CC#CCN1CCCCCC1C(=O)O. The summed E-state index contributed by atoms with van der Waals surface area (Å²) in [5, 5.41) is 9.04. The van der Waals surface area contributed by atoms with Gasteiger partial charge in [0.2, 0.25) is 0 Å². The standard InChI is InChI=1S/C11H17NO2/c1-2-3-8-12-9-6-4-5-7-10(12)11(13)14/h10H,4-9H2,1H3,(H,13,14). The van der Waals surface area contributed by atoms with Crippen LogP contribution in [0.1, 0.15) is 32.6 Å². The summed E-state index contributed by atoms with van der Waals surface area (Å²) in [6, 6.07) is -0.321. The first kappa shape index (κ1) is 11.1. The Morgan fingerprint density at radius 3 is 2.93 bits per heavy atom. The first-order chi connectivity index (χ1) is 6.75. The number of aliphatic carboxylic acids is 1.